The highest BCUT2D eigenvalue weighted by Gasteiger charge is 2.32. The Hall–Kier alpha value is -3.43. The van der Waals surface area contributed by atoms with E-state index in [1.807, 2.05) is 26.8 Å². The van der Waals surface area contributed by atoms with Crippen LogP contribution in [0.15, 0.2) is 29.5 Å². The summed E-state index contributed by atoms with van der Waals surface area (Å²) in [7, 11) is 1.52. The summed E-state index contributed by atoms with van der Waals surface area (Å²) in [4.78, 5) is 26.3. The smallest absolute Gasteiger partial charge is 0.260 e. The number of likely N-dealkylation sites (N-methyl/N-ethyl adjacent to an activating group) is 1. The number of carbonyl (C=O) groups is 2. The summed E-state index contributed by atoms with van der Waals surface area (Å²) in [6.07, 6.45) is 0. The van der Waals surface area contributed by atoms with Crippen LogP contribution in [-0.2, 0) is 9.59 Å². The number of ether oxygens (including phenoxy) is 2. The number of hydrogen-bond donors (Lipinski definition) is 1. The maximum Gasteiger partial charge on any atom is 0.260 e. The van der Waals surface area contributed by atoms with Gasteiger partial charge in [-0.3, -0.25) is 9.59 Å². The Morgan fingerprint density at radius 2 is 1.97 bits per heavy atom. The van der Waals surface area contributed by atoms with Gasteiger partial charge in [-0.2, -0.15) is 4.68 Å². The van der Waals surface area contributed by atoms with Crippen molar-refractivity contribution in [2.45, 2.75) is 33.7 Å². The standard InChI is InChI=1S/C20H26N6O4/c1-6-25(7-2)17(28)11-30-15-9-8-14(10-16(15)29-5)19-18(13(4)27)12(3)21-20-22-23-24-26(19)20/h8-10,19H,6-7,11H2,1-5H3,(H,21,22,24). The van der Waals surface area contributed by atoms with Crippen molar-refractivity contribution in [1.29, 1.82) is 0 Å². The van der Waals surface area contributed by atoms with Crippen LogP contribution in [0.3, 0.4) is 0 Å². The Balaban J connectivity index is 1.93. The van der Waals surface area contributed by atoms with E-state index in [0.29, 0.717) is 41.8 Å². The first-order valence-electron chi connectivity index (χ1n) is 9.76. The number of amides is 1. The Morgan fingerprint density at radius 1 is 1.23 bits per heavy atom. The third-order valence-corrected chi connectivity index (χ3v) is 5.06. The van der Waals surface area contributed by atoms with Crippen LogP contribution in [0.2, 0.25) is 0 Å². The largest absolute Gasteiger partial charge is 0.493 e. The number of fused-ring (bicyclic) bond motifs is 1. The molecule has 160 valence electrons. The topological polar surface area (TPSA) is 111 Å². The van der Waals surface area contributed by atoms with Crippen LogP contribution in [-0.4, -0.2) is 63.6 Å². The molecule has 10 nitrogen and oxygen atoms in total. The summed E-state index contributed by atoms with van der Waals surface area (Å²) in [5.74, 6) is 1.16. The third-order valence-electron chi connectivity index (χ3n) is 5.06. The van der Waals surface area contributed by atoms with Crippen molar-refractivity contribution in [3.8, 4) is 11.5 Å². The SMILES string of the molecule is CCN(CC)C(=O)COc1ccc(C2C(C(C)=O)=C(C)Nc3nnnn32)cc1OC. The molecule has 10 heteroatoms. The lowest BCUT2D eigenvalue weighted by molar-refractivity contribution is -0.133. The average molecular weight is 414 g/mol. The van der Waals surface area contributed by atoms with Crippen molar-refractivity contribution in [2.24, 2.45) is 0 Å². The fraction of sp³-hybridized carbons (Fsp3) is 0.450. The Kier molecular flexibility index (Phi) is 6.34. The van der Waals surface area contributed by atoms with E-state index in [1.54, 1.807) is 21.7 Å². The molecule has 3 rings (SSSR count). The highest BCUT2D eigenvalue weighted by Crippen LogP contribution is 2.38. The van der Waals surface area contributed by atoms with Crippen molar-refractivity contribution < 1.29 is 19.1 Å². The first-order chi connectivity index (χ1) is 14.4. The van der Waals surface area contributed by atoms with E-state index in [2.05, 4.69) is 20.8 Å². The van der Waals surface area contributed by atoms with Crippen LogP contribution >= 0.6 is 0 Å². The third kappa shape index (κ3) is 3.98. The number of tetrazole rings is 1. The van der Waals surface area contributed by atoms with Gasteiger partial charge in [-0.25, -0.2) is 0 Å². The first kappa shape index (κ1) is 21.3. The van der Waals surface area contributed by atoms with Crippen LogP contribution in [0.4, 0.5) is 5.95 Å². The molecule has 1 unspecified atom stereocenters. The van der Waals surface area contributed by atoms with Gasteiger partial charge in [-0.1, -0.05) is 11.2 Å². The number of hydrogen-bond acceptors (Lipinski definition) is 8. The van der Waals surface area contributed by atoms with E-state index in [-0.39, 0.29) is 18.3 Å². The number of benzene rings is 1. The number of rotatable bonds is 8. The molecule has 0 spiro atoms. The van der Waals surface area contributed by atoms with Crippen molar-refractivity contribution in [1.82, 2.24) is 25.1 Å². The summed E-state index contributed by atoms with van der Waals surface area (Å²) in [5, 5.41) is 14.8. The van der Waals surface area contributed by atoms with Crippen LogP contribution in [0, 0.1) is 0 Å². The maximum absolute atomic E-state index is 12.4. The van der Waals surface area contributed by atoms with E-state index < -0.39 is 6.04 Å². The lowest BCUT2D eigenvalue weighted by Crippen LogP contribution is -2.34. The Morgan fingerprint density at radius 3 is 2.60 bits per heavy atom. The molecule has 1 aromatic heterocycles. The second kappa shape index (κ2) is 8.93. The number of ketones is 1. The minimum Gasteiger partial charge on any atom is -0.493 e. The molecule has 0 aliphatic carbocycles. The lowest BCUT2D eigenvalue weighted by atomic mass is 9.93. The zero-order valence-electron chi connectivity index (χ0n) is 17.8. The molecule has 2 heterocycles. The van der Waals surface area contributed by atoms with E-state index in [9.17, 15) is 9.59 Å². The molecule has 1 aliphatic heterocycles. The van der Waals surface area contributed by atoms with E-state index in [0.717, 1.165) is 5.56 Å². The number of nitrogens with zero attached hydrogens (tertiary/aromatic N) is 5. The van der Waals surface area contributed by atoms with E-state index in [1.165, 1.54) is 14.0 Å². The Labute approximate surface area is 174 Å². The molecule has 1 amide bonds. The highest BCUT2D eigenvalue weighted by atomic mass is 16.5. The molecule has 1 aromatic carbocycles. The molecule has 2 aromatic rings. The maximum atomic E-state index is 12.4. The zero-order chi connectivity index (χ0) is 21.8. The van der Waals surface area contributed by atoms with Crippen LogP contribution < -0.4 is 14.8 Å². The van der Waals surface area contributed by atoms with Crippen LogP contribution in [0.5, 0.6) is 11.5 Å². The summed E-state index contributed by atoms with van der Waals surface area (Å²) in [6.45, 7) is 8.33. The minimum absolute atomic E-state index is 0.0837. The molecular weight excluding hydrogens is 388 g/mol. The highest BCUT2D eigenvalue weighted by molar-refractivity contribution is 5.96. The fourth-order valence-corrected chi connectivity index (χ4v) is 3.56. The number of nitrogens with one attached hydrogen (secondary N) is 1. The van der Waals surface area contributed by atoms with Gasteiger partial charge < -0.3 is 19.7 Å². The summed E-state index contributed by atoms with van der Waals surface area (Å²) in [5.41, 5.74) is 2.01. The van der Waals surface area contributed by atoms with Crippen molar-refractivity contribution in [2.75, 3.05) is 32.1 Å². The van der Waals surface area contributed by atoms with Gasteiger partial charge in [-0.05, 0) is 55.8 Å². The van der Waals surface area contributed by atoms with Gasteiger partial charge in [0.1, 0.15) is 6.04 Å². The number of carbonyl (C=O) groups excluding carboxylic acids is 2. The molecule has 0 radical (unpaired) electrons. The number of anilines is 1. The molecule has 0 bridgehead atoms. The molecular formula is C20H26N6O4. The predicted molar refractivity (Wildman–Crippen MR) is 109 cm³/mol. The second-order valence-corrected chi connectivity index (χ2v) is 6.83. The lowest BCUT2D eigenvalue weighted by Gasteiger charge is -2.27. The zero-order valence-corrected chi connectivity index (χ0v) is 17.8. The van der Waals surface area contributed by atoms with Crippen LogP contribution in [0.25, 0.3) is 0 Å². The van der Waals surface area contributed by atoms with E-state index in [4.69, 9.17) is 9.47 Å². The number of allylic oxidation sites excluding steroid dienone is 2. The molecule has 1 atom stereocenters. The van der Waals surface area contributed by atoms with Crippen molar-refractivity contribution in [3.05, 3.63) is 35.0 Å². The summed E-state index contributed by atoms with van der Waals surface area (Å²) in [6, 6.07) is 4.81. The van der Waals surface area contributed by atoms with Crippen molar-refractivity contribution in [3.63, 3.8) is 0 Å². The van der Waals surface area contributed by atoms with E-state index >= 15 is 0 Å². The van der Waals surface area contributed by atoms with Gasteiger partial charge >= 0.3 is 0 Å². The number of methoxy groups -OCH3 is 1. The van der Waals surface area contributed by atoms with Gasteiger partial charge in [0.2, 0.25) is 5.95 Å². The molecule has 30 heavy (non-hydrogen) atoms. The molecule has 0 fully saturated rings. The van der Waals surface area contributed by atoms with Gasteiger partial charge in [0.15, 0.2) is 23.9 Å². The fourth-order valence-electron chi connectivity index (χ4n) is 3.56. The van der Waals surface area contributed by atoms with Crippen LogP contribution in [0.1, 0.15) is 39.3 Å². The van der Waals surface area contributed by atoms with Crippen molar-refractivity contribution >= 4 is 17.6 Å². The molecule has 0 saturated carbocycles. The Bertz CT molecular complexity index is 979. The minimum atomic E-state index is -0.506. The van der Waals surface area contributed by atoms with Gasteiger partial charge in [0.25, 0.3) is 5.91 Å². The number of aromatic nitrogens is 4. The molecule has 0 saturated heterocycles. The number of Topliss-reactive ketones (excluding diaryl/α,β-unsaturated/α-hetero) is 1. The van der Waals surface area contributed by atoms with Gasteiger partial charge in [0.05, 0.1) is 7.11 Å². The first-order valence-corrected chi connectivity index (χ1v) is 9.76. The van der Waals surface area contributed by atoms with Gasteiger partial charge in [-0.15, -0.1) is 0 Å². The molecule has 1 N–H and O–H groups in total. The average Bonchev–Trinajstić information content (AvgIpc) is 3.19. The summed E-state index contributed by atoms with van der Waals surface area (Å²) < 4.78 is 12.8. The normalized spacial score (nSPS) is 15.3. The predicted octanol–water partition coefficient (Wildman–Crippen LogP) is 1.81. The quantitative estimate of drug-likeness (QED) is 0.696. The summed E-state index contributed by atoms with van der Waals surface area (Å²) >= 11 is 0. The monoisotopic (exact) mass is 414 g/mol. The second-order valence-electron chi connectivity index (χ2n) is 6.83. The molecule has 1 aliphatic rings. The van der Waals surface area contributed by atoms with Gasteiger partial charge in [0, 0.05) is 24.4 Å².